The third kappa shape index (κ3) is 2.98. The number of carbonyl (C=O) groups excluding carboxylic acids is 1. The van der Waals surface area contributed by atoms with Crippen molar-refractivity contribution in [1.82, 2.24) is 4.57 Å². The Kier molecular flexibility index (Phi) is 4.96. The normalized spacial score (nSPS) is 10.4. The van der Waals surface area contributed by atoms with Crippen LogP contribution < -0.4 is 5.56 Å². The maximum Gasteiger partial charge on any atom is 0.341 e. The van der Waals surface area contributed by atoms with Gasteiger partial charge in [-0.2, -0.15) is 0 Å². The topological polar surface area (TPSA) is 48.3 Å². The predicted octanol–water partition coefficient (Wildman–Crippen LogP) is 2.30. The van der Waals surface area contributed by atoms with Gasteiger partial charge in [0.2, 0.25) is 0 Å². The molecule has 0 aliphatic carbocycles. The first-order valence-corrected chi connectivity index (χ1v) is 5.60. The molecule has 7 heteroatoms. The first kappa shape index (κ1) is 14.0. The van der Waals surface area contributed by atoms with E-state index in [4.69, 9.17) is 27.9 Å². The van der Waals surface area contributed by atoms with Gasteiger partial charge in [0.1, 0.15) is 11.7 Å². The summed E-state index contributed by atoms with van der Waals surface area (Å²) in [6.45, 7) is 0.849. The van der Waals surface area contributed by atoms with Crippen LogP contribution in [0.3, 0.4) is 0 Å². The van der Waals surface area contributed by atoms with Crippen LogP contribution in [0.1, 0.15) is 17.3 Å². The molecule has 0 spiro atoms. The summed E-state index contributed by atoms with van der Waals surface area (Å²) in [5.74, 6) is -0.702. The molecular formula is C10H10Cl2FNO3. The molecule has 1 heterocycles. The van der Waals surface area contributed by atoms with E-state index < -0.39 is 18.2 Å². The SMILES string of the molecule is CCOC(=O)c1cn(CCF)c(=O)c(Cl)c1Cl. The van der Waals surface area contributed by atoms with Gasteiger partial charge < -0.3 is 9.30 Å². The first-order valence-electron chi connectivity index (χ1n) is 4.84. The minimum atomic E-state index is -0.750. The van der Waals surface area contributed by atoms with E-state index in [9.17, 15) is 14.0 Å². The van der Waals surface area contributed by atoms with Gasteiger partial charge in [-0.1, -0.05) is 23.2 Å². The fraction of sp³-hybridized carbons (Fsp3) is 0.400. The number of pyridine rings is 1. The van der Waals surface area contributed by atoms with Crippen LogP contribution in [0.15, 0.2) is 11.0 Å². The van der Waals surface area contributed by atoms with Crippen molar-refractivity contribution in [2.24, 2.45) is 0 Å². The third-order valence-electron chi connectivity index (χ3n) is 1.98. The summed E-state index contributed by atoms with van der Waals surface area (Å²) in [6, 6.07) is 0. The highest BCUT2D eigenvalue weighted by atomic mass is 35.5. The molecule has 4 nitrogen and oxygen atoms in total. The largest absolute Gasteiger partial charge is 0.462 e. The standard InChI is InChI=1S/C10H10Cl2FNO3/c1-2-17-10(16)6-5-14(4-3-13)9(15)8(12)7(6)11/h5H,2-4H2,1H3. The van der Waals surface area contributed by atoms with Crippen molar-refractivity contribution in [3.8, 4) is 0 Å². The molecule has 0 unspecified atom stereocenters. The molecule has 0 N–H and O–H groups in total. The Morgan fingerprint density at radius 2 is 2.12 bits per heavy atom. The van der Waals surface area contributed by atoms with Gasteiger partial charge in [-0.25, -0.2) is 9.18 Å². The third-order valence-corrected chi connectivity index (χ3v) is 2.82. The summed E-state index contributed by atoms with van der Waals surface area (Å²) < 4.78 is 18.0. The smallest absolute Gasteiger partial charge is 0.341 e. The number of carbonyl (C=O) groups is 1. The number of hydrogen-bond acceptors (Lipinski definition) is 3. The maximum absolute atomic E-state index is 12.2. The fourth-order valence-electron chi connectivity index (χ4n) is 1.22. The molecule has 1 aromatic rings. The lowest BCUT2D eigenvalue weighted by Crippen LogP contribution is -2.24. The second-order valence-corrected chi connectivity index (χ2v) is 3.83. The summed E-state index contributed by atoms with van der Waals surface area (Å²) in [5, 5.41) is -0.490. The Hall–Kier alpha value is -1.07. The van der Waals surface area contributed by atoms with Gasteiger partial charge in [0.25, 0.3) is 5.56 Å². The van der Waals surface area contributed by atoms with E-state index in [1.54, 1.807) is 6.92 Å². The molecule has 0 aliphatic heterocycles. The Balaban J connectivity index is 3.31. The second-order valence-electron chi connectivity index (χ2n) is 3.08. The lowest BCUT2D eigenvalue weighted by atomic mass is 10.3. The molecular weight excluding hydrogens is 272 g/mol. The zero-order valence-corrected chi connectivity index (χ0v) is 10.5. The summed E-state index contributed by atoms with van der Waals surface area (Å²) in [5.41, 5.74) is -0.686. The highest BCUT2D eigenvalue weighted by Crippen LogP contribution is 2.23. The van der Waals surface area contributed by atoms with Gasteiger partial charge in [0.15, 0.2) is 0 Å². The molecule has 0 bridgehead atoms. The van der Waals surface area contributed by atoms with E-state index in [1.165, 1.54) is 0 Å². The van der Waals surface area contributed by atoms with Gasteiger partial charge in [0, 0.05) is 6.20 Å². The Morgan fingerprint density at radius 1 is 1.47 bits per heavy atom. The summed E-state index contributed by atoms with van der Waals surface area (Å²) in [7, 11) is 0. The number of rotatable bonds is 4. The van der Waals surface area contributed by atoms with Crippen LogP contribution in [0.25, 0.3) is 0 Å². The van der Waals surface area contributed by atoms with Gasteiger partial charge in [0.05, 0.1) is 23.7 Å². The van der Waals surface area contributed by atoms with Crippen molar-refractivity contribution >= 4 is 29.2 Å². The molecule has 0 saturated heterocycles. The van der Waals surface area contributed by atoms with Crippen molar-refractivity contribution in [3.05, 3.63) is 32.2 Å². The van der Waals surface area contributed by atoms with Crippen molar-refractivity contribution in [2.75, 3.05) is 13.3 Å². The number of hydrogen-bond donors (Lipinski definition) is 0. The first-order chi connectivity index (χ1) is 8.02. The predicted molar refractivity (Wildman–Crippen MR) is 62.7 cm³/mol. The van der Waals surface area contributed by atoms with Crippen molar-refractivity contribution in [1.29, 1.82) is 0 Å². The number of esters is 1. The molecule has 0 fully saturated rings. The van der Waals surface area contributed by atoms with Gasteiger partial charge >= 0.3 is 5.97 Å². The molecule has 0 aliphatic rings. The van der Waals surface area contributed by atoms with E-state index in [1.807, 2.05) is 0 Å². The molecule has 1 rings (SSSR count). The number of halogens is 3. The van der Waals surface area contributed by atoms with Crippen LogP contribution in [-0.4, -0.2) is 23.8 Å². The van der Waals surface area contributed by atoms with Crippen LogP contribution in [0.4, 0.5) is 4.39 Å². The van der Waals surface area contributed by atoms with Gasteiger partial charge in [-0.15, -0.1) is 0 Å². The number of aromatic nitrogens is 1. The summed E-state index contributed by atoms with van der Waals surface area (Å²) in [4.78, 5) is 23.1. The number of alkyl halides is 1. The van der Waals surface area contributed by atoms with Crippen LogP contribution in [0, 0.1) is 0 Å². The van der Waals surface area contributed by atoms with E-state index >= 15 is 0 Å². The Bertz CT molecular complexity index is 487. The average molecular weight is 282 g/mol. The Labute approximate surface area is 107 Å². The van der Waals surface area contributed by atoms with Crippen molar-refractivity contribution < 1.29 is 13.9 Å². The van der Waals surface area contributed by atoms with Crippen LogP contribution in [0.5, 0.6) is 0 Å². The van der Waals surface area contributed by atoms with Crippen molar-refractivity contribution in [2.45, 2.75) is 13.5 Å². The van der Waals surface area contributed by atoms with Crippen LogP contribution in [-0.2, 0) is 11.3 Å². The van der Waals surface area contributed by atoms with E-state index in [0.717, 1.165) is 10.8 Å². The molecule has 1 aromatic heterocycles. The minimum Gasteiger partial charge on any atom is -0.462 e. The van der Waals surface area contributed by atoms with E-state index in [-0.39, 0.29) is 28.8 Å². The zero-order valence-electron chi connectivity index (χ0n) is 9.00. The molecule has 17 heavy (non-hydrogen) atoms. The van der Waals surface area contributed by atoms with Gasteiger partial charge in [-0.05, 0) is 6.92 Å². The Morgan fingerprint density at radius 3 is 2.65 bits per heavy atom. The molecule has 0 amide bonds. The summed E-state index contributed by atoms with van der Waals surface area (Å²) >= 11 is 11.4. The van der Waals surface area contributed by atoms with Crippen LogP contribution in [0.2, 0.25) is 10.0 Å². The summed E-state index contributed by atoms with van der Waals surface area (Å²) in [6.07, 6.45) is 1.15. The fourth-order valence-corrected chi connectivity index (χ4v) is 1.63. The quantitative estimate of drug-likeness (QED) is 0.796. The molecule has 0 radical (unpaired) electrons. The number of nitrogens with zero attached hydrogens (tertiary/aromatic N) is 1. The lowest BCUT2D eigenvalue weighted by Gasteiger charge is -2.09. The van der Waals surface area contributed by atoms with Gasteiger partial charge in [-0.3, -0.25) is 4.79 Å². The van der Waals surface area contributed by atoms with Crippen LogP contribution >= 0.6 is 23.2 Å². The molecule has 0 atom stereocenters. The van der Waals surface area contributed by atoms with E-state index in [0.29, 0.717) is 0 Å². The molecule has 0 saturated carbocycles. The minimum absolute atomic E-state index is 0.0495. The maximum atomic E-state index is 12.2. The number of aryl methyl sites for hydroxylation is 1. The molecule has 94 valence electrons. The number of ether oxygens (including phenoxy) is 1. The van der Waals surface area contributed by atoms with Crippen molar-refractivity contribution in [3.63, 3.8) is 0 Å². The van der Waals surface area contributed by atoms with E-state index in [2.05, 4.69) is 0 Å². The monoisotopic (exact) mass is 281 g/mol. The highest BCUT2D eigenvalue weighted by molar-refractivity contribution is 6.43. The second kappa shape index (κ2) is 6.02. The average Bonchev–Trinajstić information content (AvgIpc) is 2.30. The lowest BCUT2D eigenvalue weighted by molar-refractivity contribution is 0.0525. The molecule has 0 aromatic carbocycles. The highest BCUT2D eigenvalue weighted by Gasteiger charge is 2.18. The zero-order chi connectivity index (χ0) is 13.0.